The molecule has 1 amide bonds. The molecule has 0 aliphatic rings. The van der Waals surface area contributed by atoms with E-state index in [0.29, 0.717) is 23.0 Å². The number of amides is 1. The molecule has 1 aromatic heterocycles. The van der Waals surface area contributed by atoms with Crippen LogP contribution >= 0.6 is 23.1 Å². The first-order valence-electron chi connectivity index (χ1n) is 8.32. The molecule has 0 fully saturated rings. The summed E-state index contributed by atoms with van der Waals surface area (Å²) in [6, 6.07) is 6.72. The fourth-order valence-electron chi connectivity index (χ4n) is 2.25. The van der Waals surface area contributed by atoms with Crippen molar-refractivity contribution >= 4 is 49.8 Å². The first kappa shape index (κ1) is 22.2. The van der Waals surface area contributed by atoms with E-state index in [-0.39, 0.29) is 18.9 Å². The topological polar surface area (TPSA) is 101 Å². The molecular formula is C17H22N4O4S3. The molecule has 0 unspecified atom stereocenters. The van der Waals surface area contributed by atoms with Gasteiger partial charge in [0.25, 0.3) is 0 Å². The zero-order chi connectivity index (χ0) is 20.6. The highest BCUT2D eigenvalue weighted by molar-refractivity contribution is 8.01. The molecule has 0 saturated carbocycles. The standard InChI is InChI=1S/C17H22N4O4S3/c1-4-12-26-17-20-19-16(27-17)18-15(22)6-5-11-21(28(3,23)24)13-7-9-14(25-2)10-8-13/h4,7-10H,1,5-6,11-12H2,2-3H3,(H,18,19,22). The number of benzene rings is 1. The van der Waals surface area contributed by atoms with Gasteiger partial charge in [-0.2, -0.15) is 0 Å². The Labute approximate surface area is 173 Å². The van der Waals surface area contributed by atoms with E-state index in [1.165, 1.54) is 27.4 Å². The Morgan fingerprint density at radius 3 is 2.68 bits per heavy atom. The van der Waals surface area contributed by atoms with Crippen molar-refractivity contribution in [1.29, 1.82) is 0 Å². The van der Waals surface area contributed by atoms with E-state index < -0.39 is 10.0 Å². The summed E-state index contributed by atoms with van der Waals surface area (Å²) < 4.78 is 31.3. The van der Waals surface area contributed by atoms with E-state index >= 15 is 0 Å². The van der Waals surface area contributed by atoms with Crippen LogP contribution in [0.25, 0.3) is 0 Å². The van der Waals surface area contributed by atoms with Crippen molar-refractivity contribution in [2.45, 2.75) is 17.2 Å². The zero-order valence-corrected chi connectivity index (χ0v) is 18.1. The van der Waals surface area contributed by atoms with Crippen LogP contribution in [-0.2, 0) is 14.8 Å². The molecule has 0 spiro atoms. The summed E-state index contributed by atoms with van der Waals surface area (Å²) >= 11 is 2.77. The first-order valence-corrected chi connectivity index (χ1v) is 12.0. The fraction of sp³-hybridized carbons (Fsp3) is 0.353. The summed E-state index contributed by atoms with van der Waals surface area (Å²) in [6.07, 6.45) is 3.43. The lowest BCUT2D eigenvalue weighted by Gasteiger charge is -2.22. The van der Waals surface area contributed by atoms with E-state index in [4.69, 9.17) is 4.74 Å². The van der Waals surface area contributed by atoms with E-state index in [1.54, 1.807) is 37.5 Å². The van der Waals surface area contributed by atoms with Crippen molar-refractivity contribution in [3.05, 3.63) is 36.9 Å². The second kappa shape index (κ2) is 10.4. The summed E-state index contributed by atoms with van der Waals surface area (Å²) in [5.74, 6) is 1.12. The monoisotopic (exact) mass is 442 g/mol. The Balaban J connectivity index is 1.89. The molecule has 0 saturated heterocycles. The molecule has 0 aliphatic heterocycles. The van der Waals surface area contributed by atoms with Crippen molar-refractivity contribution in [3.8, 4) is 5.75 Å². The molecule has 1 N–H and O–H groups in total. The minimum atomic E-state index is -3.47. The number of nitrogens with one attached hydrogen (secondary N) is 1. The van der Waals surface area contributed by atoms with Crippen molar-refractivity contribution in [1.82, 2.24) is 10.2 Å². The molecule has 0 radical (unpaired) electrons. The lowest BCUT2D eigenvalue weighted by Crippen LogP contribution is -2.31. The number of carbonyl (C=O) groups excluding carboxylic acids is 1. The highest BCUT2D eigenvalue weighted by atomic mass is 32.2. The second-order valence-corrected chi connectivity index (χ2v) is 9.81. The maximum atomic E-state index is 12.1. The van der Waals surface area contributed by atoms with Crippen LogP contribution in [0.5, 0.6) is 5.75 Å². The van der Waals surface area contributed by atoms with Gasteiger partial charge in [-0.3, -0.25) is 9.10 Å². The lowest BCUT2D eigenvalue weighted by molar-refractivity contribution is -0.116. The number of rotatable bonds is 11. The first-order chi connectivity index (χ1) is 13.3. The summed E-state index contributed by atoms with van der Waals surface area (Å²) in [5.41, 5.74) is 0.525. The molecule has 0 bridgehead atoms. The number of sulfonamides is 1. The van der Waals surface area contributed by atoms with Gasteiger partial charge in [0.05, 0.1) is 19.1 Å². The molecule has 1 aromatic carbocycles. The van der Waals surface area contributed by atoms with Gasteiger partial charge in [0.1, 0.15) is 5.75 Å². The Hall–Kier alpha value is -2.11. The smallest absolute Gasteiger partial charge is 0.232 e. The van der Waals surface area contributed by atoms with Gasteiger partial charge in [0.15, 0.2) is 4.34 Å². The average Bonchev–Trinajstić information content (AvgIpc) is 3.10. The minimum absolute atomic E-state index is 0.164. The van der Waals surface area contributed by atoms with Crippen molar-refractivity contribution in [3.63, 3.8) is 0 Å². The number of anilines is 2. The minimum Gasteiger partial charge on any atom is -0.497 e. The van der Waals surface area contributed by atoms with Crippen LogP contribution in [0.1, 0.15) is 12.8 Å². The van der Waals surface area contributed by atoms with Crippen LogP contribution < -0.4 is 14.4 Å². The third-order valence-electron chi connectivity index (χ3n) is 3.50. The molecule has 2 aromatic rings. The molecule has 28 heavy (non-hydrogen) atoms. The van der Waals surface area contributed by atoms with Gasteiger partial charge < -0.3 is 10.1 Å². The predicted octanol–water partition coefficient (Wildman–Crippen LogP) is 3.01. The third-order valence-corrected chi connectivity index (χ3v) is 6.67. The summed E-state index contributed by atoms with van der Waals surface area (Å²) in [6.45, 7) is 3.83. The summed E-state index contributed by atoms with van der Waals surface area (Å²) in [7, 11) is -1.93. The lowest BCUT2D eigenvalue weighted by atomic mass is 10.2. The number of ether oxygens (including phenoxy) is 1. The van der Waals surface area contributed by atoms with Crippen molar-refractivity contribution in [2.24, 2.45) is 0 Å². The highest BCUT2D eigenvalue weighted by Crippen LogP contribution is 2.25. The van der Waals surface area contributed by atoms with E-state index in [0.717, 1.165) is 16.3 Å². The van der Waals surface area contributed by atoms with Gasteiger partial charge in [-0.25, -0.2) is 8.42 Å². The quantitative estimate of drug-likeness (QED) is 0.324. The van der Waals surface area contributed by atoms with Crippen LogP contribution in [-0.4, -0.2) is 50.2 Å². The maximum absolute atomic E-state index is 12.1. The summed E-state index contributed by atoms with van der Waals surface area (Å²) in [5, 5.41) is 11.0. The second-order valence-electron chi connectivity index (χ2n) is 5.66. The zero-order valence-electron chi connectivity index (χ0n) is 15.6. The Kier molecular flexibility index (Phi) is 8.27. The molecule has 2 rings (SSSR count). The number of methoxy groups -OCH3 is 1. The Morgan fingerprint density at radius 2 is 2.07 bits per heavy atom. The van der Waals surface area contributed by atoms with Gasteiger partial charge >= 0.3 is 0 Å². The third kappa shape index (κ3) is 6.80. The molecular weight excluding hydrogens is 420 g/mol. The Bertz CT molecular complexity index is 897. The van der Waals surface area contributed by atoms with E-state index in [9.17, 15) is 13.2 Å². The van der Waals surface area contributed by atoms with Gasteiger partial charge in [-0.15, -0.1) is 16.8 Å². The molecule has 0 aliphatic carbocycles. The average molecular weight is 443 g/mol. The van der Waals surface area contributed by atoms with Crippen LogP contribution in [0, 0.1) is 0 Å². The number of carbonyl (C=O) groups is 1. The number of hydrogen-bond acceptors (Lipinski definition) is 8. The number of thioether (sulfide) groups is 1. The van der Waals surface area contributed by atoms with Gasteiger partial charge in [-0.1, -0.05) is 29.2 Å². The largest absolute Gasteiger partial charge is 0.497 e. The number of nitrogens with zero attached hydrogens (tertiary/aromatic N) is 3. The van der Waals surface area contributed by atoms with Gasteiger partial charge in [0.2, 0.25) is 21.1 Å². The SMILES string of the molecule is C=CCSc1nnc(NC(=O)CCCN(c2ccc(OC)cc2)S(C)(=O)=O)s1. The predicted molar refractivity (Wildman–Crippen MR) is 114 cm³/mol. The maximum Gasteiger partial charge on any atom is 0.232 e. The molecule has 1 heterocycles. The van der Waals surface area contributed by atoms with Crippen molar-refractivity contribution < 1.29 is 17.9 Å². The molecule has 8 nitrogen and oxygen atoms in total. The van der Waals surface area contributed by atoms with Crippen molar-refractivity contribution in [2.75, 3.05) is 35.3 Å². The normalized spacial score (nSPS) is 11.1. The molecule has 11 heteroatoms. The van der Waals surface area contributed by atoms with Crippen LogP contribution in [0.3, 0.4) is 0 Å². The van der Waals surface area contributed by atoms with Crippen LogP contribution in [0.2, 0.25) is 0 Å². The molecule has 152 valence electrons. The fourth-order valence-corrected chi connectivity index (χ4v) is 4.74. The summed E-state index contributed by atoms with van der Waals surface area (Å²) in [4.78, 5) is 12.1. The van der Waals surface area contributed by atoms with E-state index in [2.05, 4.69) is 22.1 Å². The van der Waals surface area contributed by atoms with E-state index in [1.807, 2.05) is 0 Å². The Morgan fingerprint density at radius 1 is 1.36 bits per heavy atom. The van der Waals surface area contributed by atoms with Gasteiger partial charge in [0, 0.05) is 18.7 Å². The molecule has 0 atom stereocenters. The van der Waals surface area contributed by atoms with Crippen LogP contribution in [0.15, 0.2) is 41.3 Å². The highest BCUT2D eigenvalue weighted by Gasteiger charge is 2.18. The number of hydrogen-bond donors (Lipinski definition) is 1. The number of aromatic nitrogens is 2. The van der Waals surface area contributed by atoms with Gasteiger partial charge in [-0.05, 0) is 30.7 Å². The van der Waals surface area contributed by atoms with Crippen LogP contribution in [0.4, 0.5) is 10.8 Å².